The monoisotopic (exact) mass is 307 g/mol. The number of carbonyl (C=O) groups is 1. The molecular formula is C14H17N3O5. The Hall–Kier alpha value is -2.90. The van der Waals surface area contributed by atoms with Crippen molar-refractivity contribution in [3.63, 3.8) is 0 Å². The molecule has 1 unspecified atom stereocenters. The van der Waals surface area contributed by atoms with Crippen molar-refractivity contribution < 1.29 is 19.7 Å². The van der Waals surface area contributed by atoms with Crippen LogP contribution in [0.1, 0.15) is 24.9 Å². The second-order valence-electron chi connectivity index (χ2n) is 4.38. The van der Waals surface area contributed by atoms with E-state index in [0.29, 0.717) is 16.9 Å². The molecule has 0 heterocycles. The van der Waals surface area contributed by atoms with E-state index >= 15 is 0 Å². The molecule has 0 spiro atoms. The topological polar surface area (TPSA) is 128 Å². The summed E-state index contributed by atoms with van der Waals surface area (Å²) >= 11 is 0. The first kappa shape index (κ1) is 17.2. The van der Waals surface area contributed by atoms with Crippen molar-refractivity contribution in [2.24, 2.45) is 10.9 Å². The van der Waals surface area contributed by atoms with Crippen LogP contribution in [0.4, 0.5) is 0 Å². The molecule has 1 rings (SSSR count). The smallest absolute Gasteiger partial charge is 0.270 e. The van der Waals surface area contributed by atoms with E-state index < -0.39 is 22.6 Å². The van der Waals surface area contributed by atoms with Crippen molar-refractivity contribution in [2.75, 3.05) is 7.11 Å². The molecule has 0 saturated heterocycles. The van der Waals surface area contributed by atoms with Crippen LogP contribution in [0, 0.1) is 10.1 Å². The minimum Gasteiger partial charge on any atom is -0.497 e. The van der Waals surface area contributed by atoms with E-state index in [2.05, 4.69) is 5.16 Å². The van der Waals surface area contributed by atoms with Crippen molar-refractivity contribution in [2.45, 2.75) is 19.4 Å². The third kappa shape index (κ3) is 4.05. The lowest BCUT2D eigenvalue weighted by molar-refractivity contribution is -0.518. The summed E-state index contributed by atoms with van der Waals surface area (Å²) in [5.74, 6) is -0.395. The van der Waals surface area contributed by atoms with Crippen LogP contribution in [0.15, 0.2) is 41.1 Å². The van der Waals surface area contributed by atoms with Crippen LogP contribution in [0.2, 0.25) is 0 Å². The number of rotatable bonds is 7. The predicted molar refractivity (Wildman–Crippen MR) is 79.5 cm³/mol. The summed E-state index contributed by atoms with van der Waals surface area (Å²) in [4.78, 5) is 22.0. The molecule has 3 N–H and O–H groups in total. The lowest BCUT2D eigenvalue weighted by Crippen LogP contribution is -2.23. The largest absolute Gasteiger partial charge is 0.497 e. The van der Waals surface area contributed by atoms with Gasteiger partial charge in [-0.2, -0.15) is 0 Å². The van der Waals surface area contributed by atoms with E-state index in [1.54, 1.807) is 31.2 Å². The van der Waals surface area contributed by atoms with Gasteiger partial charge in [0.1, 0.15) is 5.75 Å². The molecule has 0 bridgehead atoms. The van der Waals surface area contributed by atoms with Crippen molar-refractivity contribution >= 4 is 11.6 Å². The molecule has 0 saturated carbocycles. The number of oxime groups is 1. The SMILES string of the molecule is CC/C(=C\C(=N/O)C(N)=O)C(c1ccc(OC)cc1)[N+](=O)[O-]. The van der Waals surface area contributed by atoms with E-state index in [9.17, 15) is 14.9 Å². The maximum absolute atomic E-state index is 11.4. The molecule has 1 aromatic rings. The number of ether oxygens (including phenoxy) is 1. The number of nitrogens with two attached hydrogens (primary N) is 1. The highest BCUT2D eigenvalue weighted by Crippen LogP contribution is 2.28. The molecule has 0 fully saturated rings. The number of benzene rings is 1. The van der Waals surface area contributed by atoms with Crippen LogP contribution in [0.25, 0.3) is 0 Å². The van der Waals surface area contributed by atoms with Gasteiger partial charge in [0, 0.05) is 16.1 Å². The lowest BCUT2D eigenvalue weighted by atomic mass is 9.96. The van der Waals surface area contributed by atoms with Crippen LogP contribution >= 0.6 is 0 Å². The quantitative estimate of drug-likeness (QED) is 0.342. The number of carbonyl (C=O) groups excluding carboxylic acids is 1. The average Bonchev–Trinajstić information content (AvgIpc) is 2.50. The van der Waals surface area contributed by atoms with Gasteiger partial charge < -0.3 is 15.7 Å². The molecule has 1 amide bonds. The molecule has 8 nitrogen and oxygen atoms in total. The van der Waals surface area contributed by atoms with Crippen LogP contribution in [-0.2, 0) is 4.79 Å². The Labute approximate surface area is 127 Å². The fourth-order valence-corrected chi connectivity index (χ4v) is 1.96. The second-order valence-corrected chi connectivity index (χ2v) is 4.38. The van der Waals surface area contributed by atoms with Gasteiger partial charge in [0.2, 0.25) is 0 Å². The third-order valence-electron chi connectivity index (χ3n) is 3.08. The highest BCUT2D eigenvalue weighted by Gasteiger charge is 2.27. The van der Waals surface area contributed by atoms with E-state index in [1.807, 2.05) is 0 Å². The molecule has 1 atom stereocenters. The van der Waals surface area contributed by atoms with Gasteiger partial charge in [-0.1, -0.05) is 12.1 Å². The number of primary amides is 1. The average molecular weight is 307 g/mol. The third-order valence-corrected chi connectivity index (χ3v) is 3.08. The van der Waals surface area contributed by atoms with Crippen molar-refractivity contribution in [1.29, 1.82) is 0 Å². The van der Waals surface area contributed by atoms with Gasteiger partial charge in [-0.25, -0.2) is 0 Å². The van der Waals surface area contributed by atoms with E-state index in [-0.39, 0.29) is 6.42 Å². The van der Waals surface area contributed by atoms with Crippen LogP contribution < -0.4 is 10.5 Å². The number of hydrogen-bond acceptors (Lipinski definition) is 6. The fourth-order valence-electron chi connectivity index (χ4n) is 1.96. The molecule has 1 aromatic carbocycles. The van der Waals surface area contributed by atoms with Crippen LogP contribution in [0.5, 0.6) is 5.75 Å². The zero-order valence-electron chi connectivity index (χ0n) is 12.2. The molecule has 0 radical (unpaired) electrons. The zero-order chi connectivity index (χ0) is 16.7. The minimum atomic E-state index is -1.17. The van der Waals surface area contributed by atoms with Gasteiger partial charge >= 0.3 is 0 Å². The van der Waals surface area contributed by atoms with E-state index in [4.69, 9.17) is 15.7 Å². The van der Waals surface area contributed by atoms with E-state index in [1.165, 1.54) is 7.11 Å². The number of hydrogen-bond donors (Lipinski definition) is 2. The second kappa shape index (κ2) is 7.77. The van der Waals surface area contributed by atoms with Crippen LogP contribution in [-0.4, -0.2) is 28.9 Å². The Morgan fingerprint density at radius 2 is 2.09 bits per heavy atom. The first-order valence-electron chi connectivity index (χ1n) is 6.44. The lowest BCUT2D eigenvalue weighted by Gasteiger charge is -2.13. The van der Waals surface area contributed by atoms with Crippen molar-refractivity contribution in [3.05, 3.63) is 51.6 Å². The standard InChI is InChI=1S/C14H17N3O5/c1-3-9(8-12(16-19)14(15)18)13(17(20)21)10-4-6-11(22-2)7-5-10/h4-8,13,19H,3H2,1-2H3,(H2,15,18)/b9-8+,16-12+. The Balaban J connectivity index is 3.29. The Bertz CT molecular complexity index is 607. The maximum atomic E-state index is 11.4. The van der Waals surface area contributed by atoms with E-state index in [0.717, 1.165) is 6.08 Å². The van der Waals surface area contributed by atoms with Crippen molar-refractivity contribution in [3.8, 4) is 5.75 Å². The molecule has 0 aliphatic rings. The molecular weight excluding hydrogens is 290 g/mol. The number of nitrogens with zero attached hydrogens (tertiary/aromatic N) is 2. The Morgan fingerprint density at radius 1 is 1.50 bits per heavy atom. The maximum Gasteiger partial charge on any atom is 0.270 e. The fraction of sp³-hybridized carbons (Fsp3) is 0.286. The predicted octanol–water partition coefficient (Wildman–Crippen LogP) is 1.66. The minimum absolute atomic E-state index is 0.282. The summed E-state index contributed by atoms with van der Waals surface area (Å²) in [6, 6.07) is 5.17. The summed E-state index contributed by atoms with van der Waals surface area (Å²) in [6.45, 7) is 1.70. The normalized spacial score (nSPS) is 13.5. The number of nitro groups is 1. The summed E-state index contributed by atoms with van der Waals surface area (Å²) in [6.07, 6.45) is 1.42. The first-order chi connectivity index (χ1) is 10.4. The Kier molecular flexibility index (Phi) is 6.06. The summed E-state index contributed by atoms with van der Waals surface area (Å²) < 4.78 is 5.01. The number of methoxy groups -OCH3 is 1. The van der Waals surface area contributed by atoms with Gasteiger partial charge in [0.05, 0.1) is 7.11 Å². The first-order valence-corrected chi connectivity index (χ1v) is 6.44. The van der Waals surface area contributed by atoms with Gasteiger partial charge in [-0.15, -0.1) is 0 Å². The highest BCUT2D eigenvalue weighted by molar-refractivity contribution is 6.42. The summed E-state index contributed by atoms with van der Waals surface area (Å²) in [5, 5.41) is 22.9. The molecule has 118 valence electrons. The zero-order valence-corrected chi connectivity index (χ0v) is 12.2. The molecule has 0 aliphatic heterocycles. The van der Waals surface area contributed by atoms with Crippen LogP contribution in [0.3, 0.4) is 0 Å². The van der Waals surface area contributed by atoms with Gasteiger partial charge in [-0.3, -0.25) is 14.9 Å². The molecule has 22 heavy (non-hydrogen) atoms. The summed E-state index contributed by atoms with van der Waals surface area (Å²) in [7, 11) is 1.49. The van der Waals surface area contributed by atoms with Gasteiger partial charge in [-0.05, 0) is 36.8 Å². The highest BCUT2D eigenvalue weighted by atomic mass is 16.6. The summed E-state index contributed by atoms with van der Waals surface area (Å²) in [5.41, 5.74) is 5.32. The van der Waals surface area contributed by atoms with Gasteiger partial charge in [0.15, 0.2) is 5.71 Å². The molecule has 0 aromatic heterocycles. The Morgan fingerprint density at radius 3 is 2.45 bits per heavy atom. The molecule has 8 heteroatoms. The number of amides is 1. The van der Waals surface area contributed by atoms with Crippen molar-refractivity contribution in [1.82, 2.24) is 0 Å². The molecule has 0 aliphatic carbocycles. The van der Waals surface area contributed by atoms with Gasteiger partial charge in [0.25, 0.3) is 11.9 Å².